The molecule has 3 rings (SSSR count). The number of β-amino-alcohol motifs (C(OH)–C–C–N with tert-alkyl or cyclic N) is 1. The average Bonchev–Trinajstić information content (AvgIpc) is 2.93. The van der Waals surface area contributed by atoms with Crippen molar-refractivity contribution >= 4 is 39.1 Å². The van der Waals surface area contributed by atoms with Crippen LogP contribution in [0.5, 0.6) is 0 Å². The maximum Gasteiger partial charge on any atom is 0.295 e. The first kappa shape index (κ1) is 19.7. The Morgan fingerprint density at radius 2 is 1.86 bits per heavy atom. The van der Waals surface area contributed by atoms with Gasteiger partial charge in [-0.1, -0.05) is 40.2 Å². The molecule has 1 fully saturated rings. The molecule has 1 atom stereocenters. The number of nitrogens with zero attached hydrogens (tertiary/aromatic N) is 2. The molecule has 1 heterocycles. The second kappa shape index (κ2) is 7.91. The van der Waals surface area contributed by atoms with Gasteiger partial charge in [-0.3, -0.25) is 19.7 Å². The van der Waals surface area contributed by atoms with Gasteiger partial charge in [0.05, 0.1) is 23.1 Å². The quantitative estimate of drug-likeness (QED) is 0.239. The van der Waals surface area contributed by atoms with E-state index in [4.69, 9.17) is 0 Å². The van der Waals surface area contributed by atoms with Crippen LogP contribution in [-0.4, -0.2) is 44.9 Å². The van der Waals surface area contributed by atoms with Crippen LogP contribution in [0.3, 0.4) is 0 Å². The maximum absolute atomic E-state index is 12.6. The Labute approximate surface area is 168 Å². The largest absolute Gasteiger partial charge is 0.507 e. The van der Waals surface area contributed by atoms with Crippen LogP contribution in [-0.2, 0) is 9.59 Å². The molecule has 1 aliphatic heterocycles. The monoisotopic (exact) mass is 446 g/mol. The number of Topliss-reactive ketones (excluding diaryl/α,β-unsaturated/α-hetero) is 1. The summed E-state index contributed by atoms with van der Waals surface area (Å²) in [5, 5.41) is 31.2. The molecule has 144 valence electrons. The third-order valence-corrected chi connectivity index (χ3v) is 4.92. The number of nitro benzene ring substituents is 1. The molecule has 1 amide bonds. The smallest absolute Gasteiger partial charge is 0.295 e. The SMILES string of the molecule is O=C1C(=O)N(CCO)C(c2cccc([N+](=O)[O-])c2)/C1=C(/O)c1ccc(Br)cc1. The highest BCUT2D eigenvalue weighted by molar-refractivity contribution is 9.10. The van der Waals surface area contributed by atoms with Crippen LogP contribution >= 0.6 is 15.9 Å². The third-order valence-electron chi connectivity index (χ3n) is 4.40. The number of halogens is 1. The van der Waals surface area contributed by atoms with Crippen LogP contribution in [0, 0.1) is 10.1 Å². The van der Waals surface area contributed by atoms with Crippen molar-refractivity contribution < 1.29 is 24.7 Å². The average molecular weight is 447 g/mol. The number of hydrogen-bond acceptors (Lipinski definition) is 6. The van der Waals surface area contributed by atoms with E-state index in [9.17, 15) is 29.9 Å². The van der Waals surface area contributed by atoms with Gasteiger partial charge < -0.3 is 15.1 Å². The van der Waals surface area contributed by atoms with Gasteiger partial charge in [-0.05, 0) is 17.7 Å². The van der Waals surface area contributed by atoms with Gasteiger partial charge in [0, 0.05) is 28.7 Å². The highest BCUT2D eigenvalue weighted by atomic mass is 79.9. The first-order chi connectivity index (χ1) is 13.3. The van der Waals surface area contributed by atoms with Crippen molar-refractivity contribution in [2.45, 2.75) is 6.04 Å². The lowest BCUT2D eigenvalue weighted by Gasteiger charge is -2.24. The molecule has 28 heavy (non-hydrogen) atoms. The molecule has 2 aromatic rings. The molecule has 2 N–H and O–H groups in total. The zero-order valence-electron chi connectivity index (χ0n) is 14.4. The van der Waals surface area contributed by atoms with Crippen molar-refractivity contribution in [1.29, 1.82) is 0 Å². The molecule has 0 radical (unpaired) electrons. The summed E-state index contributed by atoms with van der Waals surface area (Å²) in [5.74, 6) is -2.18. The fraction of sp³-hybridized carbons (Fsp3) is 0.158. The number of carbonyl (C=O) groups is 2. The lowest BCUT2D eigenvalue weighted by Crippen LogP contribution is -2.32. The van der Waals surface area contributed by atoms with E-state index in [2.05, 4.69) is 15.9 Å². The van der Waals surface area contributed by atoms with Crippen LogP contribution < -0.4 is 0 Å². The summed E-state index contributed by atoms with van der Waals surface area (Å²) in [5.41, 5.74) is 0.220. The molecule has 1 unspecified atom stereocenters. The van der Waals surface area contributed by atoms with Gasteiger partial charge in [-0.2, -0.15) is 0 Å². The Balaban J connectivity index is 2.20. The predicted octanol–water partition coefficient (Wildman–Crippen LogP) is 2.77. The van der Waals surface area contributed by atoms with E-state index < -0.39 is 29.3 Å². The van der Waals surface area contributed by atoms with Gasteiger partial charge in [0.15, 0.2) is 0 Å². The lowest BCUT2D eigenvalue weighted by molar-refractivity contribution is -0.384. The molecule has 1 saturated heterocycles. The molecular formula is C19H15BrN2O6. The minimum absolute atomic E-state index is 0.158. The van der Waals surface area contributed by atoms with Crippen molar-refractivity contribution in [2.75, 3.05) is 13.2 Å². The molecule has 0 saturated carbocycles. The molecule has 0 spiro atoms. The molecule has 9 heteroatoms. The van der Waals surface area contributed by atoms with Gasteiger partial charge in [0.1, 0.15) is 5.76 Å². The van der Waals surface area contributed by atoms with Crippen LogP contribution in [0.15, 0.2) is 58.6 Å². The van der Waals surface area contributed by atoms with Crippen LogP contribution in [0.25, 0.3) is 5.76 Å². The molecule has 2 aromatic carbocycles. The van der Waals surface area contributed by atoms with Gasteiger partial charge in [0.2, 0.25) is 0 Å². The van der Waals surface area contributed by atoms with Gasteiger partial charge in [0.25, 0.3) is 17.4 Å². The zero-order valence-corrected chi connectivity index (χ0v) is 16.0. The Kier molecular flexibility index (Phi) is 5.57. The second-order valence-corrected chi connectivity index (χ2v) is 6.99. The van der Waals surface area contributed by atoms with E-state index in [0.29, 0.717) is 11.1 Å². The molecular weight excluding hydrogens is 432 g/mol. The fourth-order valence-electron chi connectivity index (χ4n) is 3.14. The summed E-state index contributed by atoms with van der Waals surface area (Å²) in [6, 6.07) is 10.9. The number of ketones is 1. The topological polar surface area (TPSA) is 121 Å². The summed E-state index contributed by atoms with van der Waals surface area (Å²) in [7, 11) is 0. The Hall–Kier alpha value is -3.04. The first-order valence-corrected chi connectivity index (χ1v) is 9.04. The molecule has 0 aliphatic carbocycles. The second-order valence-electron chi connectivity index (χ2n) is 6.08. The van der Waals surface area contributed by atoms with Crippen molar-refractivity contribution in [3.63, 3.8) is 0 Å². The molecule has 0 aromatic heterocycles. The normalized spacial score (nSPS) is 18.5. The van der Waals surface area contributed by atoms with Crippen molar-refractivity contribution in [3.8, 4) is 0 Å². The number of aliphatic hydroxyl groups excluding tert-OH is 2. The van der Waals surface area contributed by atoms with Crippen molar-refractivity contribution in [2.24, 2.45) is 0 Å². The van der Waals surface area contributed by atoms with Crippen molar-refractivity contribution in [3.05, 3.63) is 79.8 Å². The standard InChI is InChI=1S/C19H15BrN2O6/c20-13-6-4-11(5-7-13)17(24)15-16(21(8-9-23)19(26)18(15)25)12-2-1-3-14(10-12)22(27)28/h1-7,10,16,23-24H,8-9H2/b17-15-. The highest BCUT2D eigenvalue weighted by Gasteiger charge is 2.46. The number of amides is 1. The first-order valence-electron chi connectivity index (χ1n) is 8.24. The Bertz CT molecular complexity index is 986. The van der Waals surface area contributed by atoms with Crippen molar-refractivity contribution in [1.82, 2.24) is 4.90 Å². The molecule has 8 nitrogen and oxygen atoms in total. The zero-order chi connectivity index (χ0) is 20.4. The minimum Gasteiger partial charge on any atom is -0.507 e. The van der Waals surface area contributed by atoms with E-state index >= 15 is 0 Å². The predicted molar refractivity (Wildman–Crippen MR) is 103 cm³/mol. The number of hydrogen-bond donors (Lipinski definition) is 2. The van der Waals surface area contributed by atoms with Crippen LogP contribution in [0.2, 0.25) is 0 Å². The van der Waals surface area contributed by atoms with E-state index in [-0.39, 0.29) is 23.6 Å². The number of benzene rings is 2. The number of nitro groups is 1. The van der Waals surface area contributed by atoms with E-state index in [1.807, 2.05) is 0 Å². The Morgan fingerprint density at radius 3 is 2.46 bits per heavy atom. The summed E-state index contributed by atoms with van der Waals surface area (Å²) in [6.07, 6.45) is 0. The summed E-state index contributed by atoms with van der Waals surface area (Å²) < 4.78 is 0.764. The van der Waals surface area contributed by atoms with E-state index in [1.165, 1.54) is 24.3 Å². The summed E-state index contributed by atoms with van der Waals surface area (Å²) in [6.45, 7) is -0.564. The molecule has 1 aliphatic rings. The number of non-ortho nitro benzene ring substituents is 1. The third kappa shape index (κ3) is 3.54. The number of rotatable bonds is 5. The Morgan fingerprint density at radius 1 is 1.18 bits per heavy atom. The van der Waals surface area contributed by atoms with E-state index in [0.717, 1.165) is 9.37 Å². The number of likely N-dealkylation sites (tertiary alicyclic amines) is 1. The van der Waals surface area contributed by atoms with Gasteiger partial charge in [-0.25, -0.2) is 0 Å². The number of carbonyl (C=O) groups excluding carboxylic acids is 2. The van der Waals surface area contributed by atoms with E-state index in [1.54, 1.807) is 24.3 Å². The molecule has 0 bridgehead atoms. The maximum atomic E-state index is 12.6. The minimum atomic E-state index is -1.05. The van der Waals surface area contributed by atoms with Crippen LogP contribution in [0.1, 0.15) is 17.2 Å². The summed E-state index contributed by atoms with van der Waals surface area (Å²) >= 11 is 3.28. The summed E-state index contributed by atoms with van der Waals surface area (Å²) in [4.78, 5) is 36.8. The van der Waals surface area contributed by atoms with Gasteiger partial charge >= 0.3 is 0 Å². The highest BCUT2D eigenvalue weighted by Crippen LogP contribution is 2.40. The van der Waals surface area contributed by atoms with Gasteiger partial charge in [-0.15, -0.1) is 0 Å². The fourth-order valence-corrected chi connectivity index (χ4v) is 3.40. The van der Waals surface area contributed by atoms with Crippen LogP contribution in [0.4, 0.5) is 5.69 Å². The lowest BCUT2D eigenvalue weighted by atomic mass is 9.95. The number of aliphatic hydroxyl groups is 2.